The summed E-state index contributed by atoms with van der Waals surface area (Å²) in [7, 11) is 0. The third-order valence-corrected chi connectivity index (χ3v) is 7.14. The molecule has 1 atom stereocenters. The van der Waals surface area contributed by atoms with Gasteiger partial charge in [-0.2, -0.15) is 0 Å². The molecule has 1 saturated heterocycles. The molecule has 0 radical (unpaired) electrons. The minimum absolute atomic E-state index is 0.123. The Kier molecular flexibility index (Phi) is 4.59. The Morgan fingerprint density at radius 3 is 2.78 bits per heavy atom. The van der Waals surface area contributed by atoms with Crippen LogP contribution in [0.4, 0.5) is 4.39 Å². The molecule has 1 aliphatic heterocycles. The molecule has 2 aliphatic rings. The molecule has 6 rings (SSSR count). The van der Waals surface area contributed by atoms with Gasteiger partial charge in [0.1, 0.15) is 18.1 Å². The first-order valence-corrected chi connectivity index (χ1v) is 11.2. The van der Waals surface area contributed by atoms with Crippen molar-refractivity contribution >= 4 is 11.0 Å². The number of hydrogen-bond donors (Lipinski definition) is 2. The van der Waals surface area contributed by atoms with Crippen molar-refractivity contribution in [3.8, 4) is 11.3 Å². The molecule has 0 spiro atoms. The highest BCUT2D eigenvalue weighted by Crippen LogP contribution is 2.41. The van der Waals surface area contributed by atoms with Gasteiger partial charge < -0.3 is 10.7 Å². The zero-order valence-electron chi connectivity index (χ0n) is 17.9. The molecule has 1 unspecified atom stereocenters. The van der Waals surface area contributed by atoms with Crippen LogP contribution in [0.25, 0.3) is 22.3 Å². The Bertz CT molecular complexity index is 1290. The van der Waals surface area contributed by atoms with E-state index in [-0.39, 0.29) is 5.41 Å². The van der Waals surface area contributed by atoms with E-state index in [9.17, 15) is 4.39 Å². The second-order valence-electron chi connectivity index (χ2n) is 9.28. The van der Waals surface area contributed by atoms with Crippen LogP contribution < -0.4 is 5.73 Å². The summed E-state index contributed by atoms with van der Waals surface area (Å²) >= 11 is 0. The average molecular weight is 428 g/mol. The third kappa shape index (κ3) is 3.22. The summed E-state index contributed by atoms with van der Waals surface area (Å²) < 4.78 is 13.2. The highest BCUT2D eigenvalue weighted by molar-refractivity contribution is 5.90. The first-order chi connectivity index (χ1) is 15.6. The van der Waals surface area contributed by atoms with Gasteiger partial charge in [0.15, 0.2) is 0 Å². The Hall–Kier alpha value is -3.09. The number of H-pyrrole nitrogens is 1. The summed E-state index contributed by atoms with van der Waals surface area (Å²) in [6.07, 6.45) is 4.69. The second-order valence-corrected chi connectivity index (χ2v) is 9.28. The predicted octanol–water partition coefficient (Wildman–Crippen LogP) is 3.77. The minimum atomic E-state index is -0.663. The lowest BCUT2D eigenvalue weighted by Gasteiger charge is -2.34. The van der Waals surface area contributed by atoms with Crippen molar-refractivity contribution in [2.24, 2.45) is 5.73 Å². The Balaban J connectivity index is 1.32. The molecule has 1 fully saturated rings. The molecule has 5 nitrogen and oxygen atoms in total. The standard InChI is InChI=1S/C26H26FN5/c27-22-13-32(14-22)12-17-4-5-19-10-26(15-28,11-20(19)8-17)21-3-1-2-18(9-21)24-23-6-7-29-25(23)31-16-30-24/h1-9,16,22H,10-15,28H2,(H,29,30,31). The van der Waals surface area contributed by atoms with Crippen molar-refractivity contribution in [1.29, 1.82) is 0 Å². The van der Waals surface area contributed by atoms with Gasteiger partial charge in [-0.25, -0.2) is 14.4 Å². The zero-order valence-corrected chi connectivity index (χ0v) is 17.9. The fourth-order valence-corrected chi connectivity index (χ4v) is 5.37. The van der Waals surface area contributed by atoms with Crippen LogP contribution in [0.1, 0.15) is 22.3 Å². The van der Waals surface area contributed by atoms with Crippen LogP contribution in [0.5, 0.6) is 0 Å². The quantitative estimate of drug-likeness (QED) is 0.509. The lowest BCUT2D eigenvalue weighted by molar-refractivity contribution is 0.0591. The van der Waals surface area contributed by atoms with Crippen molar-refractivity contribution in [3.63, 3.8) is 0 Å². The molecule has 162 valence electrons. The minimum Gasteiger partial charge on any atom is -0.346 e. The van der Waals surface area contributed by atoms with Crippen LogP contribution in [0.2, 0.25) is 0 Å². The normalized spacial score (nSPS) is 21.1. The van der Waals surface area contributed by atoms with Crippen LogP contribution in [-0.4, -0.2) is 45.7 Å². The number of aromatic nitrogens is 3. The molecule has 4 aromatic rings. The molecule has 3 N–H and O–H groups in total. The maximum atomic E-state index is 13.2. The van der Waals surface area contributed by atoms with Crippen LogP contribution in [0.15, 0.2) is 61.1 Å². The van der Waals surface area contributed by atoms with E-state index in [2.05, 4.69) is 62.3 Å². The molecule has 0 saturated carbocycles. The fourth-order valence-electron chi connectivity index (χ4n) is 5.37. The number of rotatable bonds is 5. The van der Waals surface area contributed by atoms with Crippen molar-refractivity contribution in [2.75, 3.05) is 19.6 Å². The molecule has 6 heteroatoms. The van der Waals surface area contributed by atoms with Crippen LogP contribution in [-0.2, 0) is 24.8 Å². The first-order valence-electron chi connectivity index (χ1n) is 11.2. The number of likely N-dealkylation sites (tertiary alicyclic amines) is 1. The fraction of sp³-hybridized carbons (Fsp3) is 0.308. The number of nitrogens with zero attached hydrogens (tertiary/aromatic N) is 3. The highest BCUT2D eigenvalue weighted by atomic mass is 19.1. The summed E-state index contributed by atoms with van der Waals surface area (Å²) in [5.41, 5.74) is 14.4. The van der Waals surface area contributed by atoms with E-state index in [0.29, 0.717) is 19.6 Å². The molecule has 0 bridgehead atoms. The Labute approximate surface area is 186 Å². The van der Waals surface area contributed by atoms with Crippen LogP contribution >= 0.6 is 0 Å². The largest absolute Gasteiger partial charge is 0.346 e. The van der Waals surface area contributed by atoms with E-state index in [0.717, 1.165) is 41.7 Å². The predicted molar refractivity (Wildman–Crippen MR) is 124 cm³/mol. The maximum absolute atomic E-state index is 13.2. The lowest BCUT2D eigenvalue weighted by atomic mass is 9.77. The van der Waals surface area contributed by atoms with E-state index in [4.69, 9.17) is 5.73 Å². The van der Waals surface area contributed by atoms with Gasteiger partial charge in [0.2, 0.25) is 0 Å². The van der Waals surface area contributed by atoms with Crippen LogP contribution in [0.3, 0.4) is 0 Å². The lowest BCUT2D eigenvalue weighted by Crippen LogP contribution is -2.47. The molecular weight excluding hydrogens is 401 g/mol. The summed E-state index contributed by atoms with van der Waals surface area (Å²) in [5, 5.41) is 1.02. The first kappa shape index (κ1) is 19.6. The van der Waals surface area contributed by atoms with Gasteiger partial charge >= 0.3 is 0 Å². The number of nitrogens with two attached hydrogens (primary N) is 1. The summed E-state index contributed by atoms with van der Waals surface area (Å²) in [6.45, 7) is 2.50. The number of alkyl halides is 1. The van der Waals surface area contributed by atoms with Gasteiger partial charge in [-0.15, -0.1) is 0 Å². The summed E-state index contributed by atoms with van der Waals surface area (Å²) in [6, 6.07) is 17.4. The zero-order chi connectivity index (χ0) is 21.7. The van der Waals surface area contributed by atoms with Gasteiger partial charge in [0.05, 0.1) is 5.69 Å². The third-order valence-electron chi connectivity index (χ3n) is 7.14. The Morgan fingerprint density at radius 1 is 1.06 bits per heavy atom. The molecule has 2 aromatic carbocycles. The summed E-state index contributed by atoms with van der Waals surface area (Å²) in [5.74, 6) is 0. The second kappa shape index (κ2) is 7.50. The van der Waals surface area contributed by atoms with E-state index in [1.54, 1.807) is 6.33 Å². The van der Waals surface area contributed by atoms with E-state index >= 15 is 0 Å². The van der Waals surface area contributed by atoms with Crippen molar-refractivity contribution in [2.45, 2.75) is 31.0 Å². The van der Waals surface area contributed by atoms with E-state index in [1.807, 2.05) is 12.3 Å². The topological polar surface area (TPSA) is 70.8 Å². The van der Waals surface area contributed by atoms with E-state index < -0.39 is 6.17 Å². The monoisotopic (exact) mass is 427 g/mol. The van der Waals surface area contributed by atoms with Crippen molar-refractivity contribution in [1.82, 2.24) is 19.9 Å². The molecular formula is C26H26FN5. The van der Waals surface area contributed by atoms with Gasteiger partial charge in [0, 0.05) is 48.7 Å². The van der Waals surface area contributed by atoms with Gasteiger partial charge in [0.25, 0.3) is 0 Å². The smallest absolute Gasteiger partial charge is 0.141 e. The van der Waals surface area contributed by atoms with Gasteiger partial charge in [-0.3, -0.25) is 4.90 Å². The molecule has 3 heterocycles. The van der Waals surface area contributed by atoms with Crippen molar-refractivity contribution < 1.29 is 4.39 Å². The Morgan fingerprint density at radius 2 is 1.94 bits per heavy atom. The van der Waals surface area contributed by atoms with E-state index in [1.165, 1.54) is 22.3 Å². The SMILES string of the molecule is NCC1(c2cccc(-c3ncnc4[nH]ccc34)c2)Cc2ccc(CN3CC(F)C3)cc2C1. The molecule has 2 aromatic heterocycles. The summed E-state index contributed by atoms with van der Waals surface area (Å²) in [4.78, 5) is 14.2. The molecule has 0 amide bonds. The maximum Gasteiger partial charge on any atom is 0.141 e. The number of hydrogen-bond acceptors (Lipinski definition) is 4. The number of benzene rings is 2. The van der Waals surface area contributed by atoms with Crippen LogP contribution in [0, 0.1) is 0 Å². The molecule has 32 heavy (non-hydrogen) atoms. The number of fused-ring (bicyclic) bond motifs is 2. The van der Waals surface area contributed by atoms with Gasteiger partial charge in [-0.1, -0.05) is 36.4 Å². The number of aromatic amines is 1. The van der Waals surface area contributed by atoms with Gasteiger partial charge in [-0.05, 0) is 47.2 Å². The molecule has 1 aliphatic carbocycles. The number of halogens is 1. The number of nitrogens with one attached hydrogen (secondary N) is 1. The average Bonchev–Trinajstić information content (AvgIpc) is 3.43. The highest BCUT2D eigenvalue weighted by Gasteiger charge is 2.38. The van der Waals surface area contributed by atoms with Crippen molar-refractivity contribution in [3.05, 3.63) is 83.3 Å².